The molecule has 0 atom stereocenters. The van der Waals surface area contributed by atoms with Gasteiger partial charge in [-0.2, -0.15) is 5.10 Å². The molecule has 1 aromatic rings. The second kappa shape index (κ2) is 6.93. The summed E-state index contributed by atoms with van der Waals surface area (Å²) in [6.07, 6.45) is 10.2. The van der Waals surface area contributed by atoms with Gasteiger partial charge in [-0.15, -0.1) is 0 Å². The van der Waals surface area contributed by atoms with E-state index in [2.05, 4.69) is 27.7 Å². The van der Waals surface area contributed by atoms with Crippen molar-refractivity contribution < 1.29 is 4.79 Å². The van der Waals surface area contributed by atoms with Crippen LogP contribution in [0, 0.1) is 23.7 Å². The fraction of sp³-hybridized carbons (Fsp3) is 0.826. The van der Waals surface area contributed by atoms with E-state index in [0.29, 0.717) is 5.92 Å². The zero-order chi connectivity index (χ0) is 19.3. The summed E-state index contributed by atoms with van der Waals surface area (Å²) in [5.41, 5.74) is 9.00. The molecule has 0 aromatic carbocycles. The molecule has 4 bridgehead atoms. The van der Waals surface area contributed by atoms with Crippen molar-refractivity contribution in [3.63, 3.8) is 0 Å². The number of unbranched alkanes of at least 4 members (excludes halogenated alkanes) is 2. The maximum absolute atomic E-state index is 12.6. The number of carbonyl (C=O) groups excluding carboxylic acids is 1. The minimum absolute atomic E-state index is 0.0653. The highest BCUT2D eigenvalue weighted by molar-refractivity contribution is 5.93. The first-order chi connectivity index (χ1) is 12.8. The first-order valence-electron chi connectivity index (χ1n) is 11.2. The summed E-state index contributed by atoms with van der Waals surface area (Å²) in [6.45, 7) is 9.71. The lowest BCUT2D eigenvalue weighted by Crippen LogP contribution is -2.44. The Morgan fingerprint density at radius 3 is 2.15 bits per heavy atom. The molecule has 1 amide bonds. The SMILES string of the molecule is CCCCCn1nc(C(C)(C)C)c(C2C3CC4CC(C3)CC2C4)c1C(N)=O. The van der Waals surface area contributed by atoms with E-state index >= 15 is 0 Å². The number of primary amides is 1. The van der Waals surface area contributed by atoms with Gasteiger partial charge in [0, 0.05) is 17.5 Å². The zero-order valence-electron chi connectivity index (χ0n) is 17.6. The van der Waals surface area contributed by atoms with E-state index in [0.717, 1.165) is 54.4 Å². The Kier molecular flexibility index (Phi) is 4.88. The van der Waals surface area contributed by atoms with Crippen LogP contribution in [-0.4, -0.2) is 15.7 Å². The van der Waals surface area contributed by atoms with E-state index in [1.807, 2.05) is 4.68 Å². The molecule has 27 heavy (non-hydrogen) atoms. The minimum Gasteiger partial charge on any atom is -0.364 e. The van der Waals surface area contributed by atoms with Crippen LogP contribution in [0.15, 0.2) is 0 Å². The largest absolute Gasteiger partial charge is 0.364 e. The van der Waals surface area contributed by atoms with Crippen molar-refractivity contribution in [1.29, 1.82) is 0 Å². The summed E-state index contributed by atoms with van der Waals surface area (Å²) >= 11 is 0. The van der Waals surface area contributed by atoms with Gasteiger partial charge in [0.15, 0.2) is 0 Å². The summed E-state index contributed by atoms with van der Waals surface area (Å²) < 4.78 is 1.97. The molecule has 4 fully saturated rings. The van der Waals surface area contributed by atoms with E-state index in [4.69, 9.17) is 10.8 Å². The van der Waals surface area contributed by atoms with Crippen molar-refractivity contribution >= 4 is 5.91 Å². The highest BCUT2D eigenvalue weighted by atomic mass is 16.1. The van der Waals surface area contributed by atoms with Crippen LogP contribution in [0.4, 0.5) is 0 Å². The standard InChI is InChI=1S/C23H37N3O/c1-5-6-7-8-26-20(22(24)27)19(21(25-26)23(2,3)4)18-16-10-14-9-15(12-16)13-17(18)11-14/h14-18H,5-13H2,1-4H3,(H2,24,27). The summed E-state index contributed by atoms with van der Waals surface area (Å²) in [6, 6.07) is 0. The fourth-order valence-electron chi connectivity index (χ4n) is 6.68. The Hall–Kier alpha value is -1.32. The molecule has 1 aromatic heterocycles. The first kappa shape index (κ1) is 19.0. The highest BCUT2D eigenvalue weighted by Crippen LogP contribution is 2.61. The molecule has 0 aliphatic heterocycles. The smallest absolute Gasteiger partial charge is 0.267 e. The van der Waals surface area contributed by atoms with Gasteiger partial charge in [-0.1, -0.05) is 40.5 Å². The highest BCUT2D eigenvalue weighted by Gasteiger charge is 2.51. The zero-order valence-corrected chi connectivity index (χ0v) is 17.6. The monoisotopic (exact) mass is 371 g/mol. The van der Waals surface area contributed by atoms with Gasteiger partial charge >= 0.3 is 0 Å². The summed E-state index contributed by atoms with van der Waals surface area (Å²) in [5, 5.41) is 5.02. The van der Waals surface area contributed by atoms with Crippen LogP contribution in [0.1, 0.15) is 107 Å². The number of rotatable bonds is 6. The summed E-state index contributed by atoms with van der Waals surface area (Å²) in [5.74, 6) is 3.53. The lowest BCUT2D eigenvalue weighted by Gasteiger charge is -2.54. The van der Waals surface area contributed by atoms with Crippen molar-refractivity contribution in [1.82, 2.24) is 9.78 Å². The molecule has 4 nitrogen and oxygen atoms in total. The number of nitrogens with zero attached hydrogens (tertiary/aromatic N) is 2. The number of hydrogen-bond donors (Lipinski definition) is 1. The molecular weight excluding hydrogens is 334 g/mol. The van der Waals surface area contributed by atoms with Crippen LogP contribution < -0.4 is 5.73 Å². The number of hydrogen-bond acceptors (Lipinski definition) is 2. The average molecular weight is 372 g/mol. The molecule has 4 heteroatoms. The predicted octanol–water partition coefficient (Wildman–Crippen LogP) is 5.01. The molecule has 0 spiro atoms. The van der Waals surface area contributed by atoms with E-state index in [1.165, 1.54) is 44.1 Å². The van der Waals surface area contributed by atoms with E-state index < -0.39 is 0 Å². The van der Waals surface area contributed by atoms with E-state index in [1.54, 1.807) is 0 Å². The van der Waals surface area contributed by atoms with Gasteiger partial charge in [-0.3, -0.25) is 9.48 Å². The Labute approximate surface area is 164 Å². The second-order valence-corrected chi connectivity index (χ2v) is 10.6. The molecule has 0 unspecified atom stereocenters. The maximum atomic E-state index is 12.6. The number of amides is 1. The van der Waals surface area contributed by atoms with Crippen molar-refractivity contribution in [3.8, 4) is 0 Å². The number of aromatic nitrogens is 2. The molecule has 150 valence electrons. The summed E-state index contributed by atoms with van der Waals surface area (Å²) in [7, 11) is 0. The molecule has 5 rings (SSSR count). The van der Waals surface area contributed by atoms with Crippen LogP contribution >= 0.6 is 0 Å². The molecule has 2 N–H and O–H groups in total. The third-order valence-electron chi connectivity index (χ3n) is 7.47. The van der Waals surface area contributed by atoms with Gasteiger partial charge < -0.3 is 5.73 Å². The second-order valence-electron chi connectivity index (χ2n) is 10.6. The molecule has 4 aliphatic rings. The van der Waals surface area contributed by atoms with Crippen LogP contribution in [0.5, 0.6) is 0 Å². The van der Waals surface area contributed by atoms with Crippen LogP contribution in [0.25, 0.3) is 0 Å². The quantitative estimate of drug-likeness (QED) is 0.715. The third kappa shape index (κ3) is 3.34. The molecular formula is C23H37N3O. The van der Waals surface area contributed by atoms with Gasteiger partial charge in [0.1, 0.15) is 5.69 Å². The predicted molar refractivity (Wildman–Crippen MR) is 109 cm³/mol. The minimum atomic E-state index is -0.279. The molecule has 0 radical (unpaired) electrons. The third-order valence-corrected chi connectivity index (χ3v) is 7.47. The Morgan fingerprint density at radius 1 is 1.07 bits per heavy atom. The Morgan fingerprint density at radius 2 is 1.67 bits per heavy atom. The number of nitrogens with two attached hydrogens (primary N) is 1. The fourth-order valence-corrected chi connectivity index (χ4v) is 6.68. The van der Waals surface area contributed by atoms with E-state index in [9.17, 15) is 4.79 Å². The maximum Gasteiger partial charge on any atom is 0.267 e. The first-order valence-corrected chi connectivity index (χ1v) is 11.2. The van der Waals surface area contributed by atoms with Gasteiger partial charge in [0.05, 0.1) is 5.69 Å². The van der Waals surface area contributed by atoms with Crippen molar-refractivity contribution in [2.24, 2.45) is 29.4 Å². The Bertz CT molecular complexity index is 684. The van der Waals surface area contributed by atoms with Crippen molar-refractivity contribution in [3.05, 3.63) is 17.0 Å². The summed E-state index contributed by atoms with van der Waals surface area (Å²) in [4.78, 5) is 12.6. The molecule has 0 saturated heterocycles. The van der Waals surface area contributed by atoms with Gasteiger partial charge in [0.25, 0.3) is 5.91 Å². The van der Waals surface area contributed by atoms with Gasteiger partial charge in [-0.25, -0.2) is 0 Å². The van der Waals surface area contributed by atoms with Crippen LogP contribution in [0.2, 0.25) is 0 Å². The molecule has 4 aliphatic carbocycles. The molecule has 4 saturated carbocycles. The molecule has 1 heterocycles. The topological polar surface area (TPSA) is 60.9 Å². The average Bonchev–Trinajstić information content (AvgIpc) is 2.94. The van der Waals surface area contributed by atoms with Gasteiger partial charge in [0.2, 0.25) is 0 Å². The lowest BCUT2D eigenvalue weighted by atomic mass is 9.50. The van der Waals surface area contributed by atoms with Crippen molar-refractivity contribution in [2.45, 2.75) is 96.9 Å². The number of carbonyl (C=O) groups is 1. The van der Waals surface area contributed by atoms with Gasteiger partial charge in [-0.05, 0) is 68.1 Å². The van der Waals surface area contributed by atoms with Crippen LogP contribution in [-0.2, 0) is 12.0 Å². The van der Waals surface area contributed by atoms with E-state index in [-0.39, 0.29) is 11.3 Å². The number of aryl methyl sites for hydroxylation is 1. The van der Waals surface area contributed by atoms with Crippen molar-refractivity contribution in [2.75, 3.05) is 0 Å². The Balaban J connectivity index is 1.79. The normalized spacial score (nSPS) is 32.2. The lowest BCUT2D eigenvalue weighted by molar-refractivity contribution is -0.00351. The van der Waals surface area contributed by atoms with Crippen LogP contribution in [0.3, 0.4) is 0 Å².